The van der Waals surface area contributed by atoms with Crippen LogP contribution in [0.3, 0.4) is 0 Å². The Morgan fingerprint density at radius 1 is 1.43 bits per heavy atom. The van der Waals surface area contributed by atoms with Gasteiger partial charge in [-0.2, -0.15) is 5.10 Å². The molecular weight excluding hydrogens is 176 g/mol. The highest BCUT2D eigenvalue weighted by Gasteiger charge is 2.14. The summed E-state index contributed by atoms with van der Waals surface area (Å²) in [6, 6.07) is 0. The van der Waals surface area contributed by atoms with Gasteiger partial charge in [0, 0.05) is 26.0 Å². The minimum Gasteiger partial charge on any atom is -0.381 e. The molecule has 0 aliphatic carbocycles. The summed E-state index contributed by atoms with van der Waals surface area (Å²) in [4.78, 5) is 0. The van der Waals surface area contributed by atoms with E-state index in [4.69, 9.17) is 4.74 Å². The SMILES string of the molecule is Cc1cn(CC2CCOCC2)nc1C. The number of rotatable bonds is 2. The van der Waals surface area contributed by atoms with Crippen LogP contribution in [0.2, 0.25) is 0 Å². The van der Waals surface area contributed by atoms with Crippen LogP contribution in [0.15, 0.2) is 6.20 Å². The molecule has 0 spiro atoms. The second kappa shape index (κ2) is 4.13. The van der Waals surface area contributed by atoms with Gasteiger partial charge in [-0.15, -0.1) is 0 Å². The fraction of sp³-hybridized carbons (Fsp3) is 0.727. The third kappa shape index (κ3) is 2.15. The average molecular weight is 194 g/mol. The molecule has 0 saturated carbocycles. The molecule has 0 N–H and O–H groups in total. The van der Waals surface area contributed by atoms with Gasteiger partial charge < -0.3 is 4.74 Å². The molecule has 3 heteroatoms. The molecule has 1 fully saturated rings. The van der Waals surface area contributed by atoms with Gasteiger partial charge in [-0.25, -0.2) is 0 Å². The fourth-order valence-electron chi connectivity index (χ4n) is 1.90. The zero-order valence-electron chi connectivity index (χ0n) is 8.99. The number of hydrogen-bond donors (Lipinski definition) is 0. The molecule has 1 aliphatic rings. The summed E-state index contributed by atoms with van der Waals surface area (Å²) < 4.78 is 7.42. The average Bonchev–Trinajstić information content (AvgIpc) is 2.47. The number of ether oxygens (including phenoxy) is 1. The van der Waals surface area contributed by atoms with Crippen molar-refractivity contribution in [2.75, 3.05) is 13.2 Å². The monoisotopic (exact) mass is 194 g/mol. The zero-order chi connectivity index (χ0) is 9.97. The molecule has 0 radical (unpaired) electrons. The smallest absolute Gasteiger partial charge is 0.0622 e. The second-order valence-electron chi connectivity index (χ2n) is 4.18. The first-order valence-electron chi connectivity index (χ1n) is 5.34. The van der Waals surface area contributed by atoms with Crippen LogP contribution < -0.4 is 0 Å². The Hall–Kier alpha value is -0.830. The zero-order valence-corrected chi connectivity index (χ0v) is 8.99. The Labute approximate surface area is 85.1 Å². The van der Waals surface area contributed by atoms with E-state index in [1.54, 1.807) is 0 Å². The Morgan fingerprint density at radius 2 is 2.14 bits per heavy atom. The first kappa shape index (κ1) is 9.71. The van der Waals surface area contributed by atoms with E-state index in [9.17, 15) is 0 Å². The molecule has 1 saturated heterocycles. The molecule has 14 heavy (non-hydrogen) atoms. The molecule has 2 rings (SSSR count). The highest BCUT2D eigenvalue weighted by Crippen LogP contribution is 2.17. The summed E-state index contributed by atoms with van der Waals surface area (Å²) >= 11 is 0. The van der Waals surface area contributed by atoms with Crippen LogP contribution in [0.5, 0.6) is 0 Å². The molecule has 0 unspecified atom stereocenters. The maximum Gasteiger partial charge on any atom is 0.0622 e. The van der Waals surface area contributed by atoms with E-state index in [0.29, 0.717) is 0 Å². The lowest BCUT2D eigenvalue weighted by molar-refractivity contribution is 0.0601. The lowest BCUT2D eigenvalue weighted by Crippen LogP contribution is -2.20. The molecule has 0 atom stereocenters. The van der Waals surface area contributed by atoms with Gasteiger partial charge in [-0.05, 0) is 38.2 Å². The van der Waals surface area contributed by atoms with Gasteiger partial charge in [-0.3, -0.25) is 4.68 Å². The van der Waals surface area contributed by atoms with Crippen LogP contribution in [0.1, 0.15) is 24.1 Å². The molecule has 78 valence electrons. The normalized spacial score (nSPS) is 18.7. The van der Waals surface area contributed by atoms with E-state index in [2.05, 4.69) is 29.8 Å². The van der Waals surface area contributed by atoms with Crippen LogP contribution in [-0.2, 0) is 11.3 Å². The second-order valence-corrected chi connectivity index (χ2v) is 4.18. The van der Waals surface area contributed by atoms with E-state index in [0.717, 1.165) is 31.4 Å². The van der Waals surface area contributed by atoms with Crippen molar-refractivity contribution in [3.63, 3.8) is 0 Å². The molecule has 1 aromatic rings. The van der Waals surface area contributed by atoms with E-state index in [-0.39, 0.29) is 0 Å². The van der Waals surface area contributed by atoms with Gasteiger partial charge >= 0.3 is 0 Å². The van der Waals surface area contributed by atoms with E-state index in [1.807, 2.05) is 0 Å². The highest BCUT2D eigenvalue weighted by atomic mass is 16.5. The standard InChI is InChI=1S/C11H18N2O/c1-9-7-13(12-10(9)2)8-11-3-5-14-6-4-11/h7,11H,3-6,8H2,1-2H3. The minimum absolute atomic E-state index is 0.752. The fourth-order valence-corrected chi connectivity index (χ4v) is 1.90. The Kier molecular flexibility index (Phi) is 2.87. The van der Waals surface area contributed by atoms with E-state index in [1.165, 1.54) is 18.4 Å². The van der Waals surface area contributed by atoms with Crippen molar-refractivity contribution in [3.05, 3.63) is 17.5 Å². The van der Waals surface area contributed by atoms with Crippen LogP contribution in [0.25, 0.3) is 0 Å². The molecular formula is C11H18N2O. The molecule has 0 amide bonds. The lowest BCUT2D eigenvalue weighted by atomic mass is 10.0. The van der Waals surface area contributed by atoms with E-state index >= 15 is 0 Å². The first-order valence-corrected chi connectivity index (χ1v) is 5.34. The van der Waals surface area contributed by atoms with Crippen molar-refractivity contribution >= 4 is 0 Å². The number of aryl methyl sites for hydroxylation is 2. The molecule has 1 aromatic heterocycles. The topological polar surface area (TPSA) is 27.1 Å². The van der Waals surface area contributed by atoms with Crippen molar-refractivity contribution in [1.82, 2.24) is 9.78 Å². The van der Waals surface area contributed by atoms with Crippen molar-refractivity contribution in [2.45, 2.75) is 33.2 Å². The minimum atomic E-state index is 0.752. The summed E-state index contributed by atoms with van der Waals surface area (Å²) in [5, 5.41) is 4.48. The largest absolute Gasteiger partial charge is 0.381 e. The molecule has 0 bridgehead atoms. The third-order valence-electron chi connectivity index (χ3n) is 2.98. The molecule has 1 aliphatic heterocycles. The molecule has 2 heterocycles. The third-order valence-corrected chi connectivity index (χ3v) is 2.98. The maximum absolute atomic E-state index is 5.34. The lowest BCUT2D eigenvalue weighted by Gasteiger charge is -2.21. The van der Waals surface area contributed by atoms with Crippen molar-refractivity contribution in [2.24, 2.45) is 5.92 Å². The van der Waals surface area contributed by atoms with Crippen LogP contribution >= 0.6 is 0 Å². The van der Waals surface area contributed by atoms with Gasteiger partial charge in [0.05, 0.1) is 5.69 Å². The Bertz CT molecular complexity index is 281. The van der Waals surface area contributed by atoms with Crippen LogP contribution in [-0.4, -0.2) is 23.0 Å². The van der Waals surface area contributed by atoms with Gasteiger partial charge in [0.15, 0.2) is 0 Å². The number of aromatic nitrogens is 2. The molecule has 0 aromatic carbocycles. The number of nitrogens with zero attached hydrogens (tertiary/aromatic N) is 2. The summed E-state index contributed by atoms with van der Waals surface area (Å²) in [5.74, 6) is 0.752. The molecule has 3 nitrogen and oxygen atoms in total. The van der Waals surface area contributed by atoms with Crippen LogP contribution in [0.4, 0.5) is 0 Å². The summed E-state index contributed by atoms with van der Waals surface area (Å²) in [6.45, 7) is 7.07. The van der Waals surface area contributed by atoms with Gasteiger partial charge in [0.25, 0.3) is 0 Å². The van der Waals surface area contributed by atoms with Gasteiger partial charge in [0.2, 0.25) is 0 Å². The van der Waals surface area contributed by atoms with Crippen molar-refractivity contribution in [1.29, 1.82) is 0 Å². The van der Waals surface area contributed by atoms with E-state index < -0.39 is 0 Å². The Morgan fingerprint density at radius 3 is 2.71 bits per heavy atom. The highest BCUT2D eigenvalue weighted by molar-refractivity contribution is 5.12. The quantitative estimate of drug-likeness (QED) is 0.719. The Balaban J connectivity index is 1.95. The van der Waals surface area contributed by atoms with Crippen molar-refractivity contribution < 1.29 is 4.74 Å². The first-order chi connectivity index (χ1) is 6.75. The maximum atomic E-state index is 5.34. The predicted octanol–water partition coefficient (Wildman–Crippen LogP) is 1.93. The summed E-state index contributed by atoms with van der Waals surface area (Å²) in [6.07, 6.45) is 4.50. The predicted molar refractivity (Wildman–Crippen MR) is 55.2 cm³/mol. The summed E-state index contributed by atoms with van der Waals surface area (Å²) in [7, 11) is 0. The number of hydrogen-bond acceptors (Lipinski definition) is 2. The van der Waals surface area contributed by atoms with Gasteiger partial charge in [-0.1, -0.05) is 0 Å². The van der Waals surface area contributed by atoms with Gasteiger partial charge in [0.1, 0.15) is 0 Å². The van der Waals surface area contributed by atoms with Crippen LogP contribution in [0, 0.1) is 19.8 Å². The summed E-state index contributed by atoms with van der Waals surface area (Å²) in [5.41, 5.74) is 2.44. The van der Waals surface area contributed by atoms with Crippen molar-refractivity contribution in [3.8, 4) is 0 Å².